The van der Waals surface area contributed by atoms with Crippen LogP contribution in [-0.4, -0.2) is 10.0 Å². The molecule has 4 nitrogen and oxygen atoms in total. The second-order valence-electron chi connectivity index (χ2n) is 3.78. The Balaban J connectivity index is 2.44. The summed E-state index contributed by atoms with van der Waals surface area (Å²) in [4.78, 5) is 10.0. The van der Waals surface area contributed by atoms with Gasteiger partial charge in [0.05, 0.1) is 4.92 Å². The highest BCUT2D eigenvalue weighted by Gasteiger charge is 2.18. The average Bonchev–Trinajstić information content (AvgIpc) is 2.39. The van der Waals surface area contributed by atoms with Gasteiger partial charge < -0.3 is 5.11 Å². The highest BCUT2D eigenvalue weighted by atomic mass is 19.1. The number of hydrogen-bond acceptors (Lipinski definition) is 3. The van der Waals surface area contributed by atoms with Crippen molar-refractivity contribution < 1.29 is 14.4 Å². The van der Waals surface area contributed by atoms with E-state index >= 15 is 0 Å². The van der Waals surface area contributed by atoms with Crippen molar-refractivity contribution in [3.05, 3.63) is 75.6 Å². The molecule has 2 aromatic rings. The van der Waals surface area contributed by atoms with Crippen LogP contribution < -0.4 is 0 Å². The number of aliphatic hydroxyl groups excluding tert-OH is 1. The van der Waals surface area contributed by atoms with Crippen molar-refractivity contribution in [3.8, 4) is 0 Å². The summed E-state index contributed by atoms with van der Waals surface area (Å²) in [6, 6.07) is 11.5. The Morgan fingerprint density at radius 1 is 1.17 bits per heavy atom. The van der Waals surface area contributed by atoms with E-state index in [4.69, 9.17) is 0 Å². The summed E-state index contributed by atoms with van der Waals surface area (Å²) in [6.07, 6.45) is -1.22. The Morgan fingerprint density at radius 3 is 2.44 bits per heavy atom. The Bertz CT molecular complexity index is 572. The number of nitro benzene ring substituents is 1. The van der Waals surface area contributed by atoms with Crippen LogP contribution in [0.5, 0.6) is 0 Å². The van der Waals surface area contributed by atoms with Crippen LogP contribution in [0.15, 0.2) is 48.5 Å². The normalized spacial score (nSPS) is 12.1. The van der Waals surface area contributed by atoms with E-state index in [1.54, 1.807) is 30.3 Å². The molecule has 0 amide bonds. The Morgan fingerprint density at radius 2 is 1.83 bits per heavy atom. The number of rotatable bonds is 3. The van der Waals surface area contributed by atoms with Gasteiger partial charge in [-0.3, -0.25) is 10.1 Å². The lowest BCUT2D eigenvalue weighted by atomic mass is 10.0. The third-order valence-electron chi connectivity index (χ3n) is 2.60. The number of aliphatic hydroxyl groups is 1. The van der Waals surface area contributed by atoms with Gasteiger partial charge in [-0.15, -0.1) is 0 Å². The number of non-ortho nitro benzene ring substituents is 1. The van der Waals surface area contributed by atoms with E-state index in [1.807, 2.05) is 0 Å². The van der Waals surface area contributed by atoms with E-state index in [2.05, 4.69) is 0 Å². The number of halogens is 1. The van der Waals surface area contributed by atoms with E-state index in [0.717, 1.165) is 18.2 Å². The van der Waals surface area contributed by atoms with E-state index in [0.29, 0.717) is 5.56 Å². The number of benzene rings is 2. The molecular weight excluding hydrogens is 237 g/mol. The highest BCUT2D eigenvalue weighted by Crippen LogP contribution is 2.27. The first kappa shape index (κ1) is 12.2. The van der Waals surface area contributed by atoms with Gasteiger partial charge in [-0.05, 0) is 11.6 Å². The fourth-order valence-corrected chi connectivity index (χ4v) is 1.67. The molecule has 0 fully saturated rings. The maximum atomic E-state index is 13.6. The van der Waals surface area contributed by atoms with Crippen molar-refractivity contribution in [1.82, 2.24) is 0 Å². The smallest absolute Gasteiger partial charge is 0.270 e. The van der Waals surface area contributed by atoms with Gasteiger partial charge in [0.15, 0.2) is 0 Å². The minimum Gasteiger partial charge on any atom is -0.384 e. The van der Waals surface area contributed by atoms with Crippen LogP contribution in [0.25, 0.3) is 0 Å². The molecule has 18 heavy (non-hydrogen) atoms. The minimum atomic E-state index is -1.22. The third kappa shape index (κ3) is 2.36. The lowest BCUT2D eigenvalue weighted by Crippen LogP contribution is -2.03. The quantitative estimate of drug-likeness (QED) is 0.670. The fourth-order valence-electron chi connectivity index (χ4n) is 1.67. The van der Waals surface area contributed by atoms with E-state index in [1.165, 1.54) is 0 Å². The van der Waals surface area contributed by atoms with E-state index in [9.17, 15) is 19.6 Å². The molecule has 5 heteroatoms. The largest absolute Gasteiger partial charge is 0.384 e. The molecule has 0 radical (unpaired) electrons. The second-order valence-corrected chi connectivity index (χ2v) is 3.78. The Hall–Kier alpha value is -2.27. The SMILES string of the molecule is O=[N+]([O-])c1ccc(F)c(C(O)c2ccccc2)c1. The van der Waals surface area contributed by atoms with Crippen LogP contribution in [0.1, 0.15) is 17.2 Å². The minimum absolute atomic E-state index is 0.101. The first-order valence-corrected chi connectivity index (χ1v) is 5.26. The lowest BCUT2D eigenvalue weighted by Gasteiger charge is -2.11. The molecule has 0 heterocycles. The molecule has 0 bridgehead atoms. The molecular formula is C13H10FNO3. The van der Waals surface area contributed by atoms with Crippen molar-refractivity contribution in [2.24, 2.45) is 0 Å². The van der Waals surface area contributed by atoms with Crippen LogP contribution in [0.3, 0.4) is 0 Å². The van der Waals surface area contributed by atoms with Crippen LogP contribution in [0.4, 0.5) is 10.1 Å². The maximum absolute atomic E-state index is 13.6. The number of nitrogens with zero attached hydrogens (tertiary/aromatic N) is 1. The van der Waals surface area contributed by atoms with Crippen molar-refractivity contribution in [3.63, 3.8) is 0 Å². The van der Waals surface area contributed by atoms with Crippen molar-refractivity contribution >= 4 is 5.69 Å². The summed E-state index contributed by atoms with van der Waals surface area (Å²) >= 11 is 0. The molecule has 0 aliphatic rings. The van der Waals surface area contributed by atoms with Gasteiger partial charge >= 0.3 is 0 Å². The molecule has 0 aliphatic heterocycles. The van der Waals surface area contributed by atoms with Gasteiger partial charge in [-0.25, -0.2) is 4.39 Å². The topological polar surface area (TPSA) is 63.4 Å². The zero-order valence-corrected chi connectivity index (χ0v) is 9.29. The maximum Gasteiger partial charge on any atom is 0.270 e. The molecule has 1 unspecified atom stereocenters. The lowest BCUT2D eigenvalue weighted by molar-refractivity contribution is -0.385. The molecule has 2 aromatic carbocycles. The third-order valence-corrected chi connectivity index (χ3v) is 2.60. The van der Waals surface area contributed by atoms with E-state index in [-0.39, 0.29) is 11.3 Å². The second kappa shape index (κ2) is 4.93. The van der Waals surface area contributed by atoms with Gasteiger partial charge in [0.1, 0.15) is 11.9 Å². The summed E-state index contributed by atoms with van der Waals surface area (Å²) in [6.45, 7) is 0. The predicted molar refractivity (Wildman–Crippen MR) is 63.6 cm³/mol. The van der Waals surface area contributed by atoms with Gasteiger partial charge in [0.2, 0.25) is 0 Å². The molecule has 0 aliphatic carbocycles. The van der Waals surface area contributed by atoms with Crippen LogP contribution in [-0.2, 0) is 0 Å². The standard InChI is InChI=1S/C13H10FNO3/c14-12-7-6-10(15(17)18)8-11(12)13(16)9-4-2-1-3-5-9/h1-8,13,16H. The summed E-state index contributed by atoms with van der Waals surface area (Å²) in [5, 5.41) is 20.6. The molecule has 0 spiro atoms. The Kier molecular flexibility index (Phi) is 3.34. The van der Waals surface area contributed by atoms with Crippen LogP contribution >= 0.6 is 0 Å². The molecule has 92 valence electrons. The molecule has 2 rings (SSSR count). The molecule has 0 aromatic heterocycles. The van der Waals surface area contributed by atoms with Crippen molar-refractivity contribution in [2.75, 3.05) is 0 Å². The van der Waals surface area contributed by atoms with Crippen LogP contribution in [0, 0.1) is 15.9 Å². The number of nitro groups is 1. The highest BCUT2D eigenvalue weighted by molar-refractivity contribution is 5.39. The molecule has 0 saturated heterocycles. The van der Waals surface area contributed by atoms with Crippen LogP contribution in [0.2, 0.25) is 0 Å². The van der Waals surface area contributed by atoms with Crippen molar-refractivity contribution in [1.29, 1.82) is 0 Å². The molecule has 1 atom stereocenters. The molecule has 1 N–H and O–H groups in total. The summed E-state index contributed by atoms with van der Waals surface area (Å²) in [5.41, 5.74) is 0.133. The number of hydrogen-bond donors (Lipinski definition) is 1. The zero-order chi connectivity index (χ0) is 13.1. The summed E-state index contributed by atoms with van der Waals surface area (Å²) in [7, 11) is 0. The average molecular weight is 247 g/mol. The first-order chi connectivity index (χ1) is 8.59. The summed E-state index contributed by atoms with van der Waals surface area (Å²) < 4.78 is 13.6. The van der Waals surface area contributed by atoms with Gasteiger partial charge in [-0.1, -0.05) is 30.3 Å². The monoisotopic (exact) mass is 247 g/mol. The fraction of sp³-hybridized carbons (Fsp3) is 0.0769. The summed E-state index contributed by atoms with van der Waals surface area (Å²) in [5.74, 6) is -0.669. The zero-order valence-electron chi connectivity index (χ0n) is 9.29. The van der Waals surface area contributed by atoms with E-state index < -0.39 is 16.8 Å². The predicted octanol–water partition coefficient (Wildman–Crippen LogP) is 2.82. The van der Waals surface area contributed by atoms with Gasteiger partial charge in [0, 0.05) is 17.7 Å². The van der Waals surface area contributed by atoms with Crippen molar-refractivity contribution in [2.45, 2.75) is 6.10 Å². The van der Waals surface area contributed by atoms with Gasteiger partial charge in [-0.2, -0.15) is 0 Å². The molecule has 0 saturated carbocycles. The Labute approximate surface area is 102 Å². The van der Waals surface area contributed by atoms with Gasteiger partial charge in [0.25, 0.3) is 5.69 Å². The first-order valence-electron chi connectivity index (χ1n) is 5.26.